The summed E-state index contributed by atoms with van der Waals surface area (Å²) in [7, 11) is 0. The third kappa shape index (κ3) is 3.95. The smallest absolute Gasteiger partial charge is 0.326 e. The lowest BCUT2D eigenvalue weighted by Gasteiger charge is -2.30. The van der Waals surface area contributed by atoms with E-state index >= 15 is 0 Å². The van der Waals surface area contributed by atoms with Crippen LogP contribution in [0, 0.1) is 6.92 Å². The molecule has 1 aromatic carbocycles. The predicted molar refractivity (Wildman–Crippen MR) is 121 cm³/mol. The SMILES string of the molecule is CCc1cc(C)cc2ccc(-c3nnc4ccc([C@@H](N5CC[C@H](N)C5)C(F)(F)F)cn34)nc12. The fraction of sp³-hybridized carbons (Fsp3) is 0.375. The number of hydrogen-bond donors (Lipinski definition) is 1. The molecule has 0 radical (unpaired) electrons. The lowest BCUT2D eigenvalue weighted by Crippen LogP contribution is -2.38. The van der Waals surface area contributed by atoms with E-state index in [2.05, 4.69) is 29.3 Å². The Morgan fingerprint density at radius 3 is 2.67 bits per heavy atom. The minimum atomic E-state index is -4.43. The van der Waals surface area contributed by atoms with Crippen molar-refractivity contribution in [2.45, 2.75) is 44.9 Å². The molecule has 1 saturated heterocycles. The van der Waals surface area contributed by atoms with Gasteiger partial charge >= 0.3 is 6.18 Å². The summed E-state index contributed by atoms with van der Waals surface area (Å²) in [5, 5.41) is 9.44. The minimum Gasteiger partial charge on any atom is -0.326 e. The van der Waals surface area contributed by atoms with Crippen LogP contribution >= 0.6 is 0 Å². The van der Waals surface area contributed by atoms with Crippen molar-refractivity contribution in [3.63, 3.8) is 0 Å². The Labute approximate surface area is 189 Å². The number of aryl methyl sites for hydroxylation is 2. The molecule has 2 N–H and O–H groups in total. The molecular weight excluding hydrogens is 429 g/mol. The fourth-order valence-electron chi connectivity index (χ4n) is 4.77. The number of alkyl halides is 3. The Hall–Kier alpha value is -3.04. The maximum atomic E-state index is 14.1. The van der Waals surface area contributed by atoms with E-state index in [-0.39, 0.29) is 18.2 Å². The Balaban J connectivity index is 1.62. The molecule has 1 aliphatic rings. The maximum Gasteiger partial charge on any atom is 0.408 e. The Kier molecular flexibility index (Phi) is 5.33. The van der Waals surface area contributed by atoms with Crippen molar-refractivity contribution in [2.24, 2.45) is 5.73 Å². The molecule has 9 heteroatoms. The van der Waals surface area contributed by atoms with Gasteiger partial charge in [-0.3, -0.25) is 9.30 Å². The monoisotopic (exact) mass is 454 g/mol. The molecule has 1 fully saturated rings. The first kappa shape index (κ1) is 21.8. The maximum absolute atomic E-state index is 14.1. The molecule has 0 spiro atoms. The number of fused-ring (bicyclic) bond motifs is 2. The van der Waals surface area contributed by atoms with E-state index in [4.69, 9.17) is 10.7 Å². The molecule has 4 aromatic rings. The summed E-state index contributed by atoms with van der Waals surface area (Å²) in [6.07, 6.45) is -1.58. The second kappa shape index (κ2) is 8.07. The first-order chi connectivity index (χ1) is 15.7. The van der Waals surface area contributed by atoms with Crippen LogP contribution in [0.2, 0.25) is 0 Å². The van der Waals surface area contributed by atoms with E-state index in [9.17, 15) is 13.2 Å². The van der Waals surface area contributed by atoms with E-state index in [1.165, 1.54) is 17.2 Å². The van der Waals surface area contributed by atoms with Crippen LogP contribution < -0.4 is 5.73 Å². The molecule has 0 unspecified atom stereocenters. The van der Waals surface area contributed by atoms with E-state index in [0.717, 1.165) is 28.5 Å². The van der Waals surface area contributed by atoms with Gasteiger partial charge in [0.05, 0.1) is 5.52 Å². The number of aromatic nitrogens is 4. The standard InChI is InChI=1S/C24H25F3N6/c1-3-15-10-14(2)11-16-4-6-19(29-21(15)16)23-31-30-20-7-5-17(12-33(20)23)22(24(25,26)27)32-9-8-18(28)13-32/h4-7,10-12,18,22H,3,8-9,13,28H2,1-2H3/t18-,22+/m0/s1. The van der Waals surface area contributed by atoms with Crippen molar-refractivity contribution in [1.29, 1.82) is 0 Å². The van der Waals surface area contributed by atoms with Crippen LogP contribution in [-0.2, 0) is 6.42 Å². The molecule has 3 aromatic heterocycles. The van der Waals surface area contributed by atoms with Crippen molar-refractivity contribution in [2.75, 3.05) is 13.1 Å². The molecule has 33 heavy (non-hydrogen) atoms. The van der Waals surface area contributed by atoms with Crippen LogP contribution in [0.4, 0.5) is 13.2 Å². The number of pyridine rings is 2. The summed E-state index contributed by atoms with van der Waals surface area (Å²) < 4.78 is 43.9. The molecule has 2 atom stereocenters. The largest absolute Gasteiger partial charge is 0.408 e. The summed E-state index contributed by atoms with van der Waals surface area (Å²) in [5.74, 6) is 0.412. The second-order valence-electron chi connectivity index (χ2n) is 8.75. The van der Waals surface area contributed by atoms with E-state index in [0.29, 0.717) is 30.1 Å². The Bertz CT molecular complexity index is 1330. The normalized spacial score (nSPS) is 18.4. The van der Waals surface area contributed by atoms with Gasteiger partial charge in [0.15, 0.2) is 11.5 Å². The molecule has 0 bridgehead atoms. The summed E-state index contributed by atoms with van der Waals surface area (Å²) in [6.45, 7) is 4.64. The van der Waals surface area contributed by atoms with E-state index in [1.807, 2.05) is 19.1 Å². The number of nitrogens with two attached hydrogens (primary N) is 1. The van der Waals surface area contributed by atoms with Crippen LogP contribution in [-0.4, -0.2) is 49.8 Å². The van der Waals surface area contributed by atoms with Gasteiger partial charge in [-0.2, -0.15) is 13.2 Å². The molecule has 4 heterocycles. The average Bonchev–Trinajstić information content (AvgIpc) is 3.38. The number of rotatable bonds is 4. The predicted octanol–water partition coefficient (Wildman–Crippen LogP) is 4.45. The number of nitrogens with zero attached hydrogens (tertiary/aromatic N) is 5. The second-order valence-corrected chi connectivity index (χ2v) is 8.75. The highest BCUT2D eigenvalue weighted by atomic mass is 19.4. The van der Waals surface area contributed by atoms with E-state index < -0.39 is 12.2 Å². The first-order valence-corrected chi connectivity index (χ1v) is 11.1. The first-order valence-electron chi connectivity index (χ1n) is 11.1. The number of hydrogen-bond acceptors (Lipinski definition) is 5. The molecule has 0 aliphatic carbocycles. The Morgan fingerprint density at radius 2 is 1.97 bits per heavy atom. The average molecular weight is 455 g/mol. The van der Waals surface area contributed by atoms with Crippen LogP contribution in [0.15, 0.2) is 42.6 Å². The molecule has 0 amide bonds. The van der Waals surface area contributed by atoms with Crippen molar-refractivity contribution in [3.05, 3.63) is 59.3 Å². The quantitative estimate of drug-likeness (QED) is 0.493. The van der Waals surface area contributed by atoms with Crippen molar-refractivity contribution in [1.82, 2.24) is 24.5 Å². The number of halogens is 3. The van der Waals surface area contributed by atoms with Crippen molar-refractivity contribution < 1.29 is 13.2 Å². The summed E-state index contributed by atoms with van der Waals surface area (Å²) in [6, 6.07) is 9.05. The van der Waals surface area contributed by atoms with Gasteiger partial charge in [-0.25, -0.2) is 4.98 Å². The molecular formula is C24H25F3N6. The number of benzene rings is 1. The molecule has 1 aliphatic heterocycles. The summed E-state index contributed by atoms with van der Waals surface area (Å²) in [5.41, 5.74) is 10.2. The summed E-state index contributed by atoms with van der Waals surface area (Å²) in [4.78, 5) is 6.22. The van der Waals surface area contributed by atoms with E-state index in [1.54, 1.807) is 10.5 Å². The highest BCUT2D eigenvalue weighted by molar-refractivity contribution is 5.84. The highest BCUT2D eigenvalue weighted by Gasteiger charge is 2.46. The lowest BCUT2D eigenvalue weighted by atomic mass is 10.0. The van der Waals surface area contributed by atoms with Gasteiger partial charge in [-0.1, -0.05) is 30.7 Å². The van der Waals surface area contributed by atoms with Crippen molar-refractivity contribution >= 4 is 16.6 Å². The van der Waals surface area contributed by atoms with Crippen LogP contribution in [0.1, 0.15) is 36.1 Å². The van der Waals surface area contributed by atoms with Gasteiger partial charge in [0.2, 0.25) is 0 Å². The van der Waals surface area contributed by atoms with Gasteiger partial charge in [0.1, 0.15) is 11.7 Å². The van der Waals surface area contributed by atoms with Crippen LogP contribution in [0.25, 0.3) is 28.1 Å². The lowest BCUT2D eigenvalue weighted by molar-refractivity contribution is -0.183. The van der Waals surface area contributed by atoms with Crippen molar-refractivity contribution in [3.8, 4) is 11.5 Å². The van der Waals surface area contributed by atoms with Gasteiger partial charge < -0.3 is 5.73 Å². The zero-order valence-electron chi connectivity index (χ0n) is 18.5. The fourth-order valence-corrected chi connectivity index (χ4v) is 4.77. The van der Waals surface area contributed by atoms with Crippen LogP contribution in [0.5, 0.6) is 0 Å². The summed E-state index contributed by atoms with van der Waals surface area (Å²) >= 11 is 0. The zero-order valence-corrected chi connectivity index (χ0v) is 18.5. The third-order valence-corrected chi connectivity index (χ3v) is 6.30. The third-order valence-electron chi connectivity index (χ3n) is 6.30. The van der Waals surface area contributed by atoms with Gasteiger partial charge in [-0.05, 0) is 49.1 Å². The van der Waals surface area contributed by atoms with Crippen LogP contribution in [0.3, 0.4) is 0 Å². The van der Waals surface area contributed by atoms with Gasteiger partial charge in [0, 0.05) is 30.7 Å². The Morgan fingerprint density at radius 1 is 1.15 bits per heavy atom. The zero-order chi connectivity index (χ0) is 23.3. The molecule has 6 nitrogen and oxygen atoms in total. The highest BCUT2D eigenvalue weighted by Crippen LogP contribution is 2.39. The van der Waals surface area contributed by atoms with Gasteiger partial charge in [-0.15, -0.1) is 10.2 Å². The minimum absolute atomic E-state index is 0.135. The molecule has 0 saturated carbocycles. The topological polar surface area (TPSA) is 72.3 Å². The van der Waals surface area contributed by atoms with Gasteiger partial charge in [0.25, 0.3) is 0 Å². The molecule has 172 valence electrons. The molecule has 5 rings (SSSR count). The number of likely N-dealkylation sites (tertiary alicyclic amines) is 1.